The van der Waals surface area contributed by atoms with E-state index in [4.69, 9.17) is 4.74 Å². The van der Waals surface area contributed by atoms with E-state index in [0.717, 1.165) is 24.3 Å². The Morgan fingerprint density at radius 3 is 2.38 bits per heavy atom. The smallest absolute Gasteiger partial charge is 0.338 e. The lowest BCUT2D eigenvalue weighted by molar-refractivity contribution is 0.0494. The van der Waals surface area contributed by atoms with E-state index in [9.17, 15) is 4.79 Å². The van der Waals surface area contributed by atoms with E-state index < -0.39 is 0 Å². The summed E-state index contributed by atoms with van der Waals surface area (Å²) in [6, 6.07) is 7.75. The number of esters is 1. The van der Waals surface area contributed by atoms with Gasteiger partial charge in [0.1, 0.15) is 0 Å². The first-order valence-electron chi connectivity index (χ1n) is 8.09. The van der Waals surface area contributed by atoms with Crippen LogP contribution in [0.4, 0.5) is 0 Å². The summed E-state index contributed by atoms with van der Waals surface area (Å²) in [6.45, 7) is 11.4. The van der Waals surface area contributed by atoms with E-state index in [2.05, 4.69) is 34.6 Å². The van der Waals surface area contributed by atoms with Crippen LogP contribution in [0.5, 0.6) is 0 Å². The molecule has 0 unspecified atom stereocenters. The molecule has 1 aromatic rings. The van der Waals surface area contributed by atoms with Gasteiger partial charge in [-0.05, 0) is 29.4 Å². The van der Waals surface area contributed by atoms with E-state index in [1.54, 1.807) is 0 Å². The third-order valence-corrected chi connectivity index (χ3v) is 3.61. The molecule has 1 rings (SSSR count). The molecule has 0 heterocycles. The second-order valence-corrected chi connectivity index (χ2v) is 7.17. The maximum absolute atomic E-state index is 12.2. The molecular weight excluding hydrogens is 260 g/mol. The first kappa shape index (κ1) is 17.7. The van der Waals surface area contributed by atoms with Crippen molar-refractivity contribution >= 4 is 5.97 Å². The molecule has 0 aliphatic heterocycles. The number of rotatable bonds is 7. The van der Waals surface area contributed by atoms with Crippen LogP contribution in [0.3, 0.4) is 0 Å². The first-order valence-corrected chi connectivity index (χ1v) is 8.09. The fraction of sp³-hybridized carbons (Fsp3) is 0.632. The average Bonchev–Trinajstić information content (AvgIpc) is 2.41. The third kappa shape index (κ3) is 6.33. The highest BCUT2D eigenvalue weighted by molar-refractivity contribution is 5.91. The van der Waals surface area contributed by atoms with Gasteiger partial charge in [-0.25, -0.2) is 4.79 Å². The number of benzene rings is 1. The van der Waals surface area contributed by atoms with Gasteiger partial charge in [-0.15, -0.1) is 0 Å². The molecule has 0 N–H and O–H groups in total. The molecule has 0 amide bonds. The van der Waals surface area contributed by atoms with Gasteiger partial charge in [0, 0.05) is 0 Å². The van der Waals surface area contributed by atoms with Gasteiger partial charge in [-0.2, -0.15) is 0 Å². The third-order valence-electron chi connectivity index (χ3n) is 3.61. The Kier molecular flexibility index (Phi) is 6.94. The minimum absolute atomic E-state index is 0.0487. The molecule has 0 atom stereocenters. The zero-order valence-corrected chi connectivity index (χ0v) is 14.2. The molecule has 0 aromatic heterocycles. The fourth-order valence-corrected chi connectivity index (χ4v) is 2.39. The van der Waals surface area contributed by atoms with Gasteiger partial charge >= 0.3 is 5.97 Å². The zero-order chi connectivity index (χ0) is 15.9. The molecule has 0 radical (unpaired) electrons. The maximum Gasteiger partial charge on any atom is 0.338 e. The number of carbonyl (C=O) groups excluding carboxylic acids is 1. The molecule has 0 aliphatic rings. The summed E-state index contributed by atoms with van der Waals surface area (Å²) in [6.07, 6.45) is 4.55. The first-order chi connectivity index (χ1) is 9.82. The van der Waals surface area contributed by atoms with Crippen molar-refractivity contribution in [3.63, 3.8) is 0 Å². The largest absolute Gasteiger partial charge is 0.462 e. The van der Waals surface area contributed by atoms with Crippen LogP contribution in [0.15, 0.2) is 24.3 Å². The molecule has 0 saturated heterocycles. The van der Waals surface area contributed by atoms with E-state index in [-0.39, 0.29) is 11.4 Å². The summed E-state index contributed by atoms with van der Waals surface area (Å²) in [5.41, 5.74) is 1.70. The van der Waals surface area contributed by atoms with Crippen LogP contribution in [0, 0.1) is 5.92 Å². The number of carbonyl (C=O) groups is 1. The summed E-state index contributed by atoms with van der Waals surface area (Å²) in [5.74, 6) is 0.565. The Bertz CT molecular complexity index is 441. The molecule has 0 aliphatic carbocycles. The van der Waals surface area contributed by atoms with Crippen LogP contribution in [-0.4, -0.2) is 12.6 Å². The average molecular weight is 290 g/mol. The van der Waals surface area contributed by atoms with Crippen molar-refractivity contribution in [3.8, 4) is 0 Å². The molecule has 0 spiro atoms. The molecule has 2 nitrogen and oxygen atoms in total. The van der Waals surface area contributed by atoms with Crippen molar-refractivity contribution < 1.29 is 9.53 Å². The number of unbranched alkanes of at least 4 members (excludes halogenated alkanes) is 2. The van der Waals surface area contributed by atoms with E-state index >= 15 is 0 Å². The fourth-order valence-electron chi connectivity index (χ4n) is 2.39. The summed E-state index contributed by atoms with van der Waals surface area (Å²) in [7, 11) is 0. The van der Waals surface area contributed by atoms with Crippen molar-refractivity contribution in [2.75, 3.05) is 6.61 Å². The number of ether oxygens (including phenoxy) is 1. The second-order valence-electron chi connectivity index (χ2n) is 7.17. The summed E-state index contributed by atoms with van der Waals surface area (Å²) in [5, 5.41) is 0. The zero-order valence-electron chi connectivity index (χ0n) is 14.2. The molecule has 2 heteroatoms. The molecule has 21 heavy (non-hydrogen) atoms. The molecule has 0 bridgehead atoms. The van der Waals surface area contributed by atoms with Crippen molar-refractivity contribution in [2.45, 2.75) is 65.7 Å². The van der Waals surface area contributed by atoms with Gasteiger partial charge in [0.05, 0.1) is 12.2 Å². The standard InChI is InChI=1S/C19H30O2/c1-15(2)11-7-6-10-14-21-18(20)16-12-8-9-13-17(16)19(3,4)5/h8-9,12-13,15H,6-7,10-11,14H2,1-5H3. The lowest BCUT2D eigenvalue weighted by Crippen LogP contribution is -2.18. The Hall–Kier alpha value is -1.31. The summed E-state index contributed by atoms with van der Waals surface area (Å²) >= 11 is 0. The van der Waals surface area contributed by atoms with E-state index in [1.807, 2.05) is 24.3 Å². The van der Waals surface area contributed by atoms with Gasteiger partial charge in [0.2, 0.25) is 0 Å². The van der Waals surface area contributed by atoms with Crippen LogP contribution >= 0.6 is 0 Å². The second kappa shape index (κ2) is 8.21. The normalized spacial score (nSPS) is 11.7. The van der Waals surface area contributed by atoms with Crippen LogP contribution in [0.1, 0.15) is 76.2 Å². The topological polar surface area (TPSA) is 26.3 Å². The van der Waals surface area contributed by atoms with E-state index in [0.29, 0.717) is 12.2 Å². The SMILES string of the molecule is CC(C)CCCCCOC(=O)c1ccccc1C(C)(C)C. The quantitative estimate of drug-likeness (QED) is 0.499. The van der Waals surface area contributed by atoms with Crippen LogP contribution in [0.2, 0.25) is 0 Å². The predicted octanol–water partition coefficient (Wildman–Crippen LogP) is 5.36. The highest BCUT2D eigenvalue weighted by atomic mass is 16.5. The minimum Gasteiger partial charge on any atom is -0.462 e. The van der Waals surface area contributed by atoms with Crippen molar-refractivity contribution in [1.82, 2.24) is 0 Å². The van der Waals surface area contributed by atoms with Crippen LogP contribution < -0.4 is 0 Å². The van der Waals surface area contributed by atoms with Gasteiger partial charge in [0.15, 0.2) is 0 Å². The number of hydrogen-bond acceptors (Lipinski definition) is 2. The van der Waals surface area contributed by atoms with Gasteiger partial charge < -0.3 is 4.74 Å². The molecule has 0 saturated carbocycles. The summed E-state index contributed by atoms with van der Waals surface area (Å²) < 4.78 is 5.43. The number of hydrogen-bond donors (Lipinski definition) is 0. The van der Waals surface area contributed by atoms with Crippen molar-refractivity contribution in [3.05, 3.63) is 35.4 Å². The van der Waals surface area contributed by atoms with Gasteiger partial charge in [0.25, 0.3) is 0 Å². The highest BCUT2D eigenvalue weighted by Gasteiger charge is 2.21. The van der Waals surface area contributed by atoms with E-state index in [1.165, 1.54) is 12.8 Å². The molecule has 0 fully saturated rings. The molecule has 118 valence electrons. The minimum atomic E-state index is -0.190. The highest BCUT2D eigenvalue weighted by Crippen LogP contribution is 2.26. The van der Waals surface area contributed by atoms with Crippen LogP contribution in [0.25, 0.3) is 0 Å². The summed E-state index contributed by atoms with van der Waals surface area (Å²) in [4.78, 5) is 12.2. The lowest BCUT2D eigenvalue weighted by Gasteiger charge is -2.22. The van der Waals surface area contributed by atoms with Crippen molar-refractivity contribution in [2.24, 2.45) is 5.92 Å². The Morgan fingerprint density at radius 2 is 1.76 bits per heavy atom. The van der Waals surface area contributed by atoms with Crippen molar-refractivity contribution in [1.29, 1.82) is 0 Å². The monoisotopic (exact) mass is 290 g/mol. The Labute approximate surface area is 129 Å². The maximum atomic E-state index is 12.2. The van der Waals surface area contributed by atoms with Gasteiger partial charge in [-0.3, -0.25) is 0 Å². The Balaban J connectivity index is 2.46. The predicted molar refractivity (Wildman–Crippen MR) is 88.7 cm³/mol. The van der Waals surface area contributed by atoms with Crippen LogP contribution in [-0.2, 0) is 10.2 Å². The molecule has 1 aromatic carbocycles. The molecular formula is C19H30O2. The lowest BCUT2D eigenvalue weighted by atomic mass is 9.84. The Morgan fingerprint density at radius 1 is 1.10 bits per heavy atom. The van der Waals surface area contributed by atoms with Gasteiger partial charge in [-0.1, -0.05) is 72.1 Å².